The summed E-state index contributed by atoms with van der Waals surface area (Å²) < 4.78 is 39.7. The Labute approximate surface area is 233 Å². The highest BCUT2D eigenvalue weighted by molar-refractivity contribution is 8.11. The molecule has 0 atom stereocenters. The van der Waals surface area contributed by atoms with Crippen LogP contribution in [0.25, 0.3) is 22.0 Å². The van der Waals surface area contributed by atoms with Gasteiger partial charge in [0.2, 0.25) is 0 Å². The van der Waals surface area contributed by atoms with Crippen molar-refractivity contribution in [1.29, 1.82) is 5.26 Å². The molecule has 202 valence electrons. The SMILES string of the molecule is CCn1cc(N(C)c2nc(-c3ccc(F)cc3)c(C#N)s2)c2cc(N3CCN(S(=O)(=O)Cl)CC3)ccc2c1=O. The Kier molecular flexibility index (Phi) is 7.35. The molecule has 0 N–H and O–H groups in total. The largest absolute Gasteiger partial charge is 0.369 e. The topological polar surface area (TPSA) is 103 Å². The van der Waals surface area contributed by atoms with Crippen molar-refractivity contribution in [2.75, 3.05) is 43.0 Å². The minimum Gasteiger partial charge on any atom is -0.369 e. The Morgan fingerprint density at radius 2 is 1.82 bits per heavy atom. The van der Waals surface area contributed by atoms with E-state index < -0.39 is 9.24 Å². The first-order valence-electron chi connectivity index (χ1n) is 12.1. The lowest BCUT2D eigenvalue weighted by atomic mass is 10.1. The van der Waals surface area contributed by atoms with Crippen LogP contribution in [-0.2, 0) is 15.8 Å². The molecule has 0 aliphatic carbocycles. The van der Waals surface area contributed by atoms with E-state index in [1.807, 2.05) is 31.0 Å². The van der Waals surface area contributed by atoms with Gasteiger partial charge in [-0.1, -0.05) is 11.3 Å². The number of fused-ring (bicyclic) bond motifs is 1. The quantitative estimate of drug-likeness (QED) is 0.306. The van der Waals surface area contributed by atoms with Crippen LogP contribution in [0.15, 0.2) is 53.5 Å². The second kappa shape index (κ2) is 10.6. The molecule has 1 fully saturated rings. The van der Waals surface area contributed by atoms with Gasteiger partial charge in [0.25, 0.3) is 14.8 Å². The van der Waals surface area contributed by atoms with Crippen LogP contribution in [0.2, 0.25) is 0 Å². The van der Waals surface area contributed by atoms with Crippen molar-refractivity contribution in [1.82, 2.24) is 13.9 Å². The minimum atomic E-state index is -3.77. The van der Waals surface area contributed by atoms with Gasteiger partial charge in [-0.2, -0.15) is 18.0 Å². The normalized spacial score (nSPS) is 14.5. The maximum atomic E-state index is 13.5. The van der Waals surface area contributed by atoms with Crippen molar-refractivity contribution >= 4 is 58.5 Å². The predicted molar refractivity (Wildman–Crippen MR) is 153 cm³/mol. The number of pyridine rings is 1. The summed E-state index contributed by atoms with van der Waals surface area (Å²) in [7, 11) is 3.56. The molecular formula is C26H24ClFN6O3S2. The lowest BCUT2D eigenvalue weighted by Crippen LogP contribution is -2.47. The fourth-order valence-electron chi connectivity index (χ4n) is 4.66. The molecule has 4 aromatic rings. The van der Waals surface area contributed by atoms with Crippen molar-refractivity contribution in [2.45, 2.75) is 13.5 Å². The third-order valence-corrected chi connectivity index (χ3v) is 9.39. The summed E-state index contributed by atoms with van der Waals surface area (Å²) in [5.41, 5.74) is 2.54. The van der Waals surface area contributed by atoms with Crippen LogP contribution in [0.4, 0.5) is 20.9 Å². The van der Waals surface area contributed by atoms with Gasteiger partial charge >= 0.3 is 0 Å². The molecule has 1 aliphatic rings. The summed E-state index contributed by atoms with van der Waals surface area (Å²) in [4.78, 5) is 22.2. The molecule has 0 amide bonds. The molecule has 0 bridgehead atoms. The van der Waals surface area contributed by atoms with Gasteiger partial charge in [0, 0.05) is 78.7 Å². The van der Waals surface area contributed by atoms with Gasteiger partial charge < -0.3 is 14.4 Å². The maximum absolute atomic E-state index is 13.5. The van der Waals surface area contributed by atoms with Crippen LogP contribution in [0.5, 0.6) is 0 Å². The Morgan fingerprint density at radius 1 is 1.13 bits per heavy atom. The third-order valence-electron chi connectivity index (χ3n) is 6.78. The van der Waals surface area contributed by atoms with Crippen LogP contribution in [0, 0.1) is 17.1 Å². The van der Waals surface area contributed by atoms with Gasteiger partial charge in [0.05, 0.1) is 5.69 Å². The molecule has 3 heterocycles. The van der Waals surface area contributed by atoms with E-state index in [1.165, 1.54) is 27.8 Å². The Balaban J connectivity index is 1.57. The Bertz CT molecular complexity index is 1760. The average Bonchev–Trinajstić information content (AvgIpc) is 3.37. The second-order valence-electron chi connectivity index (χ2n) is 9.02. The maximum Gasteiger partial charge on any atom is 0.299 e. The number of halogens is 2. The highest BCUT2D eigenvalue weighted by Crippen LogP contribution is 2.38. The summed E-state index contributed by atoms with van der Waals surface area (Å²) >= 11 is 1.21. The van der Waals surface area contributed by atoms with Crippen molar-refractivity contribution in [3.8, 4) is 17.3 Å². The molecule has 2 aromatic carbocycles. The lowest BCUT2D eigenvalue weighted by molar-refractivity contribution is 0.393. The molecule has 5 rings (SSSR count). The summed E-state index contributed by atoms with van der Waals surface area (Å²) in [6.07, 6.45) is 1.78. The Morgan fingerprint density at radius 3 is 2.44 bits per heavy atom. The molecule has 1 aliphatic heterocycles. The number of hydrogen-bond acceptors (Lipinski definition) is 8. The third kappa shape index (κ3) is 5.23. The summed E-state index contributed by atoms with van der Waals surface area (Å²) in [6.45, 7) is 3.78. The molecule has 1 saturated heterocycles. The van der Waals surface area contributed by atoms with Gasteiger partial charge in [0.15, 0.2) is 5.13 Å². The van der Waals surface area contributed by atoms with E-state index in [0.717, 1.165) is 11.4 Å². The zero-order chi connectivity index (χ0) is 27.9. The van der Waals surface area contributed by atoms with Gasteiger partial charge in [0.1, 0.15) is 22.5 Å². The number of nitrogens with zero attached hydrogens (tertiary/aromatic N) is 6. The lowest BCUT2D eigenvalue weighted by Gasteiger charge is -2.34. The van der Waals surface area contributed by atoms with Gasteiger partial charge in [-0.25, -0.2) is 9.37 Å². The van der Waals surface area contributed by atoms with E-state index in [0.29, 0.717) is 51.7 Å². The number of anilines is 3. The van der Waals surface area contributed by atoms with E-state index in [2.05, 4.69) is 11.0 Å². The van der Waals surface area contributed by atoms with Crippen LogP contribution < -0.4 is 15.4 Å². The highest BCUT2D eigenvalue weighted by Gasteiger charge is 2.26. The molecule has 0 spiro atoms. The predicted octanol–water partition coefficient (Wildman–Crippen LogP) is 4.53. The van der Waals surface area contributed by atoms with Gasteiger partial charge in [-0.15, -0.1) is 0 Å². The fourth-order valence-corrected chi connectivity index (χ4v) is 6.53. The number of aromatic nitrogens is 2. The molecule has 0 saturated carbocycles. The average molecular weight is 587 g/mol. The Hall–Kier alpha value is -3.50. The first kappa shape index (κ1) is 27.1. The minimum absolute atomic E-state index is 0.127. The molecular weight excluding hydrogens is 563 g/mol. The van der Waals surface area contributed by atoms with E-state index in [1.54, 1.807) is 29.0 Å². The van der Waals surface area contributed by atoms with Crippen LogP contribution in [0.3, 0.4) is 0 Å². The molecule has 13 heteroatoms. The first-order valence-corrected chi connectivity index (χ1v) is 15.2. The second-order valence-corrected chi connectivity index (χ2v) is 12.5. The first-order chi connectivity index (χ1) is 18.6. The van der Waals surface area contributed by atoms with E-state index in [-0.39, 0.29) is 24.5 Å². The van der Waals surface area contributed by atoms with E-state index in [9.17, 15) is 22.9 Å². The fraction of sp³-hybridized carbons (Fsp3) is 0.269. The summed E-state index contributed by atoms with van der Waals surface area (Å²) in [6, 6.07) is 13.6. The van der Waals surface area contributed by atoms with Crippen LogP contribution in [-0.4, -0.2) is 55.5 Å². The van der Waals surface area contributed by atoms with E-state index >= 15 is 0 Å². The van der Waals surface area contributed by atoms with Crippen molar-refractivity contribution in [3.05, 3.63) is 69.7 Å². The number of rotatable bonds is 6. The monoisotopic (exact) mass is 586 g/mol. The number of piperazine rings is 1. The highest BCUT2D eigenvalue weighted by atomic mass is 35.7. The molecule has 39 heavy (non-hydrogen) atoms. The number of nitriles is 1. The number of hydrogen-bond donors (Lipinski definition) is 0. The summed E-state index contributed by atoms with van der Waals surface area (Å²) in [5, 5.41) is 11.5. The standard InChI is InChI=1S/C26H24ClFN6O3S2/c1-3-32-16-22(31(2)26-30-24(23(15-29)38-26)17-4-6-18(28)7-5-17)21-14-19(8-9-20(21)25(32)35)33-10-12-34(13-11-33)39(27,36)37/h4-9,14,16H,3,10-13H2,1-2H3. The molecule has 0 radical (unpaired) electrons. The van der Waals surface area contributed by atoms with Crippen molar-refractivity contribution in [3.63, 3.8) is 0 Å². The van der Waals surface area contributed by atoms with Gasteiger partial charge in [-0.05, 0) is 49.4 Å². The van der Waals surface area contributed by atoms with Gasteiger partial charge in [-0.3, -0.25) is 4.79 Å². The number of thiazole rings is 1. The molecule has 9 nitrogen and oxygen atoms in total. The van der Waals surface area contributed by atoms with Crippen molar-refractivity contribution < 1.29 is 12.8 Å². The number of aryl methyl sites for hydroxylation is 1. The molecule has 0 unspecified atom stereocenters. The van der Waals surface area contributed by atoms with Crippen LogP contribution in [0.1, 0.15) is 11.8 Å². The van der Waals surface area contributed by atoms with E-state index in [4.69, 9.17) is 15.7 Å². The summed E-state index contributed by atoms with van der Waals surface area (Å²) in [5.74, 6) is -0.375. The zero-order valence-electron chi connectivity index (χ0n) is 21.1. The van der Waals surface area contributed by atoms with Crippen molar-refractivity contribution in [2.24, 2.45) is 0 Å². The number of benzene rings is 2. The zero-order valence-corrected chi connectivity index (χ0v) is 23.5. The molecule has 2 aromatic heterocycles. The van der Waals surface area contributed by atoms with Crippen LogP contribution >= 0.6 is 22.0 Å². The smallest absolute Gasteiger partial charge is 0.299 e.